The third-order valence-electron chi connectivity index (χ3n) is 4.11. The van der Waals surface area contributed by atoms with E-state index >= 15 is 0 Å². The summed E-state index contributed by atoms with van der Waals surface area (Å²) in [7, 11) is 1.53. The van der Waals surface area contributed by atoms with Crippen LogP contribution >= 0.6 is 11.3 Å². The predicted octanol–water partition coefficient (Wildman–Crippen LogP) is 4.51. The second-order valence-electron chi connectivity index (χ2n) is 6.05. The van der Waals surface area contributed by atoms with Crippen LogP contribution in [-0.4, -0.2) is 19.3 Å². The normalized spacial score (nSPS) is 11.6. The molecule has 4 rings (SSSR count). The quantitative estimate of drug-likeness (QED) is 0.489. The lowest BCUT2D eigenvalue weighted by Gasteiger charge is -2.08. The Kier molecular flexibility index (Phi) is 4.71. The zero-order chi connectivity index (χ0) is 20.6. The Morgan fingerprint density at radius 3 is 2.62 bits per heavy atom. The van der Waals surface area contributed by atoms with Crippen molar-refractivity contribution < 1.29 is 17.9 Å². The van der Waals surface area contributed by atoms with Crippen LogP contribution in [0.4, 0.5) is 13.2 Å². The van der Waals surface area contributed by atoms with Gasteiger partial charge in [0.25, 0.3) is 5.19 Å². The minimum Gasteiger partial charge on any atom is -0.429 e. The van der Waals surface area contributed by atoms with E-state index < -0.39 is 11.7 Å². The van der Waals surface area contributed by atoms with Crippen molar-refractivity contribution in [2.75, 3.05) is 0 Å². The summed E-state index contributed by atoms with van der Waals surface area (Å²) in [5.74, 6) is 0.368. The van der Waals surface area contributed by atoms with Gasteiger partial charge in [-0.3, -0.25) is 0 Å². The minimum absolute atomic E-state index is 0.238. The number of hydrogen-bond acceptors (Lipinski definition) is 5. The molecule has 0 N–H and O–H groups in total. The first-order valence-electron chi connectivity index (χ1n) is 8.34. The number of aryl methyl sites for hydroxylation is 1. The van der Waals surface area contributed by atoms with Gasteiger partial charge < -0.3 is 4.74 Å². The average molecular weight is 418 g/mol. The van der Waals surface area contributed by atoms with Gasteiger partial charge in [0.05, 0.1) is 16.9 Å². The summed E-state index contributed by atoms with van der Waals surface area (Å²) in [4.78, 5) is 16.5. The van der Waals surface area contributed by atoms with Crippen molar-refractivity contribution in [2.45, 2.75) is 6.18 Å². The highest BCUT2D eigenvalue weighted by Crippen LogP contribution is 2.35. The molecule has 2 aromatic carbocycles. The van der Waals surface area contributed by atoms with Crippen LogP contribution in [0.15, 0.2) is 65.0 Å². The third kappa shape index (κ3) is 3.79. The SMILES string of the molecule is Cn1ncn(-c2ccccc2Oc2nc(-c3cccc(C(F)(F)F)c3)cs2)c1=O. The Morgan fingerprint density at radius 1 is 1.10 bits per heavy atom. The predicted molar refractivity (Wildman–Crippen MR) is 101 cm³/mol. The van der Waals surface area contributed by atoms with E-state index in [9.17, 15) is 18.0 Å². The molecule has 6 nitrogen and oxygen atoms in total. The Morgan fingerprint density at radius 2 is 1.90 bits per heavy atom. The van der Waals surface area contributed by atoms with E-state index in [1.165, 1.54) is 28.7 Å². The molecule has 0 spiro atoms. The van der Waals surface area contributed by atoms with E-state index in [1.54, 1.807) is 35.7 Å². The van der Waals surface area contributed by atoms with Gasteiger partial charge in [0.15, 0.2) is 5.75 Å². The van der Waals surface area contributed by atoms with Crippen LogP contribution in [0.3, 0.4) is 0 Å². The number of benzene rings is 2. The first-order valence-corrected chi connectivity index (χ1v) is 9.22. The molecule has 0 radical (unpaired) electrons. The molecule has 2 aromatic heterocycles. The fourth-order valence-corrected chi connectivity index (χ4v) is 3.37. The van der Waals surface area contributed by atoms with Gasteiger partial charge in [-0.25, -0.2) is 19.0 Å². The van der Waals surface area contributed by atoms with Crippen molar-refractivity contribution in [3.63, 3.8) is 0 Å². The number of thiazole rings is 1. The Balaban J connectivity index is 1.65. The zero-order valence-electron chi connectivity index (χ0n) is 14.9. The summed E-state index contributed by atoms with van der Waals surface area (Å²) in [6, 6.07) is 11.8. The van der Waals surface area contributed by atoms with Crippen molar-refractivity contribution in [1.82, 2.24) is 19.3 Å². The minimum atomic E-state index is -4.43. The molecule has 0 aliphatic heterocycles. The van der Waals surface area contributed by atoms with Crippen molar-refractivity contribution in [3.05, 3.63) is 76.3 Å². The topological polar surface area (TPSA) is 61.9 Å². The number of ether oxygens (including phenoxy) is 1. The molecular weight excluding hydrogens is 405 g/mol. The van der Waals surface area contributed by atoms with E-state index in [-0.39, 0.29) is 10.9 Å². The summed E-state index contributed by atoms with van der Waals surface area (Å²) in [6.45, 7) is 0. The van der Waals surface area contributed by atoms with E-state index in [4.69, 9.17) is 4.74 Å². The summed E-state index contributed by atoms with van der Waals surface area (Å²) in [5.41, 5.74) is 0.0906. The van der Waals surface area contributed by atoms with Crippen LogP contribution in [0.1, 0.15) is 5.56 Å². The van der Waals surface area contributed by atoms with Crippen LogP contribution in [0.5, 0.6) is 10.9 Å². The zero-order valence-corrected chi connectivity index (χ0v) is 15.7. The van der Waals surface area contributed by atoms with Crippen molar-refractivity contribution >= 4 is 11.3 Å². The average Bonchev–Trinajstić information content (AvgIpc) is 3.29. The molecule has 0 aliphatic rings. The highest BCUT2D eigenvalue weighted by atomic mass is 32.1. The lowest BCUT2D eigenvalue weighted by molar-refractivity contribution is -0.137. The molecule has 29 heavy (non-hydrogen) atoms. The van der Waals surface area contributed by atoms with E-state index in [2.05, 4.69) is 10.1 Å². The van der Waals surface area contributed by atoms with Crippen LogP contribution in [-0.2, 0) is 13.2 Å². The van der Waals surface area contributed by atoms with E-state index in [0.29, 0.717) is 22.7 Å². The lowest BCUT2D eigenvalue weighted by atomic mass is 10.1. The van der Waals surface area contributed by atoms with Gasteiger partial charge in [-0.15, -0.1) is 0 Å². The molecule has 0 fully saturated rings. The molecule has 0 amide bonds. The van der Waals surface area contributed by atoms with Crippen molar-refractivity contribution in [3.8, 4) is 27.9 Å². The number of aromatic nitrogens is 4. The van der Waals surface area contributed by atoms with E-state index in [1.807, 2.05) is 0 Å². The van der Waals surface area contributed by atoms with Crippen molar-refractivity contribution in [2.24, 2.45) is 7.05 Å². The van der Waals surface area contributed by atoms with Crippen LogP contribution in [0.25, 0.3) is 16.9 Å². The Bertz CT molecular complexity index is 1230. The Labute approximate surface area is 166 Å². The second-order valence-corrected chi connectivity index (χ2v) is 6.87. The fourth-order valence-electron chi connectivity index (χ4n) is 2.68. The van der Waals surface area contributed by atoms with Gasteiger partial charge in [-0.2, -0.15) is 18.3 Å². The summed E-state index contributed by atoms with van der Waals surface area (Å²) in [5, 5.41) is 5.77. The fraction of sp³-hybridized carbons (Fsp3) is 0.105. The molecule has 0 aliphatic carbocycles. The van der Waals surface area contributed by atoms with Crippen molar-refractivity contribution in [1.29, 1.82) is 0 Å². The molecular formula is C19H13F3N4O2S. The molecule has 0 atom stereocenters. The first-order chi connectivity index (χ1) is 13.8. The van der Waals surface area contributed by atoms with Gasteiger partial charge in [-0.1, -0.05) is 35.6 Å². The molecule has 2 heterocycles. The number of rotatable bonds is 4. The summed E-state index contributed by atoms with van der Waals surface area (Å²) < 4.78 is 47.2. The van der Waals surface area contributed by atoms with Gasteiger partial charge >= 0.3 is 11.9 Å². The smallest absolute Gasteiger partial charge is 0.416 e. The number of para-hydroxylation sites is 2. The van der Waals surface area contributed by atoms with Gasteiger partial charge in [0, 0.05) is 18.0 Å². The highest BCUT2D eigenvalue weighted by Gasteiger charge is 2.30. The van der Waals surface area contributed by atoms with Gasteiger partial charge in [-0.05, 0) is 24.3 Å². The summed E-state index contributed by atoms with van der Waals surface area (Å²) >= 11 is 1.14. The largest absolute Gasteiger partial charge is 0.429 e. The molecule has 0 saturated heterocycles. The molecule has 10 heteroatoms. The third-order valence-corrected chi connectivity index (χ3v) is 4.83. The lowest BCUT2D eigenvalue weighted by Crippen LogP contribution is -2.21. The standard InChI is InChI=1S/C19H13F3N4O2S/c1-25-18(27)26(11-23-25)15-7-2-3-8-16(15)28-17-24-14(10-29-17)12-5-4-6-13(9-12)19(20,21)22/h2-11H,1H3. The molecule has 0 saturated carbocycles. The van der Waals surface area contributed by atoms with Crippen LogP contribution in [0, 0.1) is 0 Å². The second kappa shape index (κ2) is 7.21. The molecule has 0 unspecified atom stereocenters. The van der Waals surface area contributed by atoms with Crippen LogP contribution < -0.4 is 10.4 Å². The number of halogens is 3. The van der Waals surface area contributed by atoms with Gasteiger partial charge in [0.2, 0.25) is 0 Å². The molecule has 4 aromatic rings. The monoisotopic (exact) mass is 418 g/mol. The maximum absolute atomic E-state index is 12.9. The maximum atomic E-state index is 12.9. The number of hydrogen-bond donors (Lipinski definition) is 0. The Hall–Kier alpha value is -3.40. The molecule has 148 valence electrons. The van der Waals surface area contributed by atoms with Gasteiger partial charge in [0.1, 0.15) is 6.33 Å². The van der Waals surface area contributed by atoms with Crippen LogP contribution in [0.2, 0.25) is 0 Å². The molecule has 0 bridgehead atoms. The number of nitrogens with zero attached hydrogens (tertiary/aromatic N) is 4. The highest BCUT2D eigenvalue weighted by molar-refractivity contribution is 7.11. The number of alkyl halides is 3. The first kappa shape index (κ1) is 18.9. The maximum Gasteiger partial charge on any atom is 0.416 e. The van der Waals surface area contributed by atoms with E-state index in [0.717, 1.165) is 23.5 Å². The summed E-state index contributed by atoms with van der Waals surface area (Å²) in [6.07, 6.45) is -3.05.